The highest BCUT2D eigenvalue weighted by Gasteiger charge is 2.20. The smallest absolute Gasteiger partial charge is 0.253 e. The predicted molar refractivity (Wildman–Crippen MR) is 94.4 cm³/mol. The van der Waals surface area contributed by atoms with Gasteiger partial charge in [-0.25, -0.2) is 4.68 Å². The molecule has 128 valence electrons. The Morgan fingerprint density at radius 3 is 2.60 bits per heavy atom. The molecule has 1 aromatic heterocycles. The second-order valence-electron chi connectivity index (χ2n) is 5.88. The van der Waals surface area contributed by atoms with Gasteiger partial charge in [-0.2, -0.15) is 0 Å². The van der Waals surface area contributed by atoms with Crippen molar-refractivity contribution in [1.29, 1.82) is 0 Å². The number of aromatic nitrogens is 3. The number of amides is 1. The molecule has 0 aliphatic heterocycles. The average molecular weight is 336 g/mol. The lowest BCUT2D eigenvalue weighted by atomic mass is 10.0. The van der Waals surface area contributed by atoms with Crippen molar-refractivity contribution in [3.8, 4) is 5.69 Å². The molecule has 2 N–H and O–H groups in total. The molecule has 2 unspecified atom stereocenters. The summed E-state index contributed by atoms with van der Waals surface area (Å²) >= 11 is 0. The van der Waals surface area contributed by atoms with E-state index in [1.807, 2.05) is 36.4 Å². The molecule has 0 bridgehead atoms. The van der Waals surface area contributed by atoms with Crippen LogP contribution in [0.1, 0.15) is 22.8 Å². The van der Waals surface area contributed by atoms with Crippen LogP contribution in [-0.4, -0.2) is 38.2 Å². The van der Waals surface area contributed by atoms with Crippen LogP contribution < -0.4 is 5.32 Å². The van der Waals surface area contributed by atoms with Gasteiger partial charge in [0.15, 0.2) is 0 Å². The van der Waals surface area contributed by atoms with E-state index in [0.717, 1.165) is 5.56 Å². The number of nitrogens with zero attached hydrogens (tertiary/aromatic N) is 3. The van der Waals surface area contributed by atoms with E-state index in [0.29, 0.717) is 17.7 Å². The minimum atomic E-state index is -0.676. The molecule has 0 aliphatic rings. The molecule has 2 aromatic carbocycles. The van der Waals surface area contributed by atoms with Crippen molar-refractivity contribution in [2.45, 2.75) is 25.5 Å². The van der Waals surface area contributed by atoms with Crippen LogP contribution in [0.15, 0.2) is 67.0 Å². The Bertz CT molecular complexity index is 818. The number of hydrogen-bond donors (Lipinski definition) is 2. The standard InChI is InChI=1S/C19H20N4O2/c1-14(18(24)13-15-7-3-2-4-8-15)21-19(25)16-9-5-6-10-17(16)23-12-11-20-22-23/h2-12,14,18,24H,13H2,1H3,(H,21,25). The summed E-state index contributed by atoms with van der Waals surface area (Å²) in [7, 11) is 0. The minimum absolute atomic E-state index is 0.259. The van der Waals surface area contributed by atoms with Crippen molar-refractivity contribution in [1.82, 2.24) is 20.3 Å². The molecule has 2 atom stereocenters. The maximum absolute atomic E-state index is 12.6. The van der Waals surface area contributed by atoms with E-state index in [2.05, 4.69) is 15.6 Å². The first-order valence-electron chi connectivity index (χ1n) is 8.13. The number of rotatable bonds is 6. The predicted octanol–water partition coefficient (Wildman–Crippen LogP) is 1.99. The number of benzene rings is 2. The van der Waals surface area contributed by atoms with Gasteiger partial charge in [0, 0.05) is 6.42 Å². The molecule has 6 nitrogen and oxygen atoms in total. The maximum Gasteiger partial charge on any atom is 0.253 e. The summed E-state index contributed by atoms with van der Waals surface area (Å²) in [6.07, 6.45) is 3.04. The molecule has 25 heavy (non-hydrogen) atoms. The molecule has 0 spiro atoms. The first-order chi connectivity index (χ1) is 12.1. The van der Waals surface area contributed by atoms with Crippen molar-refractivity contribution in [2.75, 3.05) is 0 Å². The summed E-state index contributed by atoms with van der Waals surface area (Å²) in [5.74, 6) is -0.259. The topological polar surface area (TPSA) is 80.0 Å². The van der Waals surface area contributed by atoms with E-state index in [4.69, 9.17) is 0 Å². The van der Waals surface area contributed by atoms with Crippen LogP contribution in [0.2, 0.25) is 0 Å². The van der Waals surface area contributed by atoms with E-state index >= 15 is 0 Å². The highest BCUT2D eigenvalue weighted by atomic mass is 16.3. The normalized spacial score (nSPS) is 13.2. The van der Waals surface area contributed by atoms with Crippen molar-refractivity contribution >= 4 is 5.91 Å². The molecule has 6 heteroatoms. The summed E-state index contributed by atoms with van der Waals surface area (Å²) in [5, 5.41) is 21.0. The fourth-order valence-electron chi connectivity index (χ4n) is 2.62. The Labute approximate surface area is 146 Å². The molecule has 0 saturated carbocycles. The molecule has 3 aromatic rings. The van der Waals surface area contributed by atoms with Crippen molar-refractivity contribution in [2.24, 2.45) is 0 Å². The van der Waals surface area contributed by atoms with Gasteiger partial charge in [0.2, 0.25) is 0 Å². The highest BCUT2D eigenvalue weighted by Crippen LogP contribution is 2.14. The number of aliphatic hydroxyl groups excluding tert-OH is 1. The minimum Gasteiger partial charge on any atom is -0.391 e. The third-order valence-corrected chi connectivity index (χ3v) is 4.04. The lowest BCUT2D eigenvalue weighted by Gasteiger charge is -2.21. The quantitative estimate of drug-likeness (QED) is 0.721. The van der Waals surface area contributed by atoms with Gasteiger partial charge in [-0.15, -0.1) is 5.10 Å². The number of aliphatic hydroxyl groups is 1. The Morgan fingerprint density at radius 1 is 1.16 bits per heavy atom. The summed E-state index contributed by atoms with van der Waals surface area (Å²) in [4.78, 5) is 12.6. The van der Waals surface area contributed by atoms with Crippen LogP contribution in [-0.2, 0) is 6.42 Å². The van der Waals surface area contributed by atoms with E-state index in [-0.39, 0.29) is 5.91 Å². The molecule has 1 amide bonds. The molecular weight excluding hydrogens is 316 g/mol. The molecule has 3 rings (SSSR count). The van der Waals surface area contributed by atoms with Gasteiger partial charge in [-0.1, -0.05) is 47.7 Å². The summed E-state index contributed by atoms with van der Waals surface area (Å²) in [6.45, 7) is 1.80. The monoisotopic (exact) mass is 336 g/mol. The first kappa shape index (κ1) is 16.9. The Kier molecular flexibility index (Phi) is 5.20. The van der Waals surface area contributed by atoms with Crippen LogP contribution in [0, 0.1) is 0 Å². The molecule has 0 aliphatic carbocycles. The van der Waals surface area contributed by atoms with Gasteiger partial charge in [-0.3, -0.25) is 4.79 Å². The lowest BCUT2D eigenvalue weighted by Crippen LogP contribution is -2.42. The summed E-state index contributed by atoms with van der Waals surface area (Å²) in [6, 6.07) is 16.5. The number of carbonyl (C=O) groups is 1. The van der Waals surface area contributed by atoms with Crippen LogP contribution >= 0.6 is 0 Å². The third kappa shape index (κ3) is 4.10. The number of hydrogen-bond acceptors (Lipinski definition) is 4. The van der Waals surface area contributed by atoms with Gasteiger partial charge in [0.05, 0.1) is 35.8 Å². The fourth-order valence-corrected chi connectivity index (χ4v) is 2.62. The Morgan fingerprint density at radius 2 is 1.88 bits per heavy atom. The largest absolute Gasteiger partial charge is 0.391 e. The fraction of sp³-hybridized carbons (Fsp3) is 0.211. The second-order valence-corrected chi connectivity index (χ2v) is 5.88. The van der Waals surface area contributed by atoms with Crippen molar-refractivity contribution < 1.29 is 9.90 Å². The van der Waals surface area contributed by atoms with Gasteiger partial charge < -0.3 is 10.4 Å². The molecular formula is C19H20N4O2. The Balaban J connectivity index is 1.70. The number of carbonyl (C=O) groups excluding carboxylic acids is 1. The van der Waals surface area contributed by atoms with Crippen LogP contribution in [0.5, 0.6) is 0 Å². The van der Waals surface area contributed by atoms with Gasteiger partial charge in [0.25, 0.3) is 5.91 Å². The summed E-state index contributed by atoms with van der Waals surface area (Å²) in [5.41, 5.74) is 2.15. The van der Waals surface area contributed by atoms with E-state index < -0.39 is 12.1 Å². The zero-order valence-electron chi connectivity index (χ0n) is 13.9. The maximum atomic E-state index is 12.6. The van der Waals surface area contributed by atoms with Crippen LogP contribution in [0.3, 0.4) is 0 Å². The van der Waals surface area contributed by atoms with Crippen molar-refractivity contribution in [3.05, 3.63) is 78.1 Å². The highest BCUT2D eigenvalue weighted by molar-refractivity contribution is 5.97. The van der Waals surface area contributed by atoms with Crippen molar-refractivity contribution in [3.63, 3.8) is 0 Å². The molecule has 0 radical (unpaired) electrons. The zero-order valence-corrected chi connectivity index (χ0v) is 13.9. The zero-order chi connectivity index (χ0) is 17.6. The van der Waals surface area contributed by atoms with Gasteiger partial charge >= 0.3 is 0 Å². The van der Waals surface area contributed by atoms with Crippen LogP contribution in [0.25, 0.3) is 5.69 Å². The molecule has 0 saturated heterocycles. The SMILES string of the molecule is CC(NC(=O)c1ccccc1-n1ccnn1)C(O)Cc1ccccc1. The first-order valence-corrected chi connectivity index (χ1v) is 8.13. The van der Waals surface area contributed by atoms with E-state index in [1.54, 1.807) is 42.2 Å². The van der Waals surface area contributed by atoms with Crippen LogP contribution in [0.4, 0.5) is 0 Å². The molecule has 1 heterocycles. The van der Waals surface area contributed by atoms with Gasteiger partial charge in [-0.05, 0) is 24.6 Å². The van der Waals surface area contributed by atoms with Gasteiger partial charge in [0.1, 0.15) is 0 Å². The summed E-state index contributed by atoms with van der Waals surface area (Å²) < 4.78 is 1.54. The Hall–Kier alpha value is -2.99. The third-order valence-electron chi connectivity index (χ3n) is 4.04. The van der Waals surface area contributed by atoms with E-state index in [9.17, 15) is 9.90 Å². The average Bonchev–Trinajstić information content (AvgIpc) is 3.17. The number of para-hydroxylation sites is 1. The molecule has 0 fully saturated rings. The number of nitrogens with one attached hydrogen (secondary N) is 1. The van der Waals surface area contributed by atoms with E-state index in [1.165, 1.54) is 0 Å². The second kappa shape index (κ2) is 7.72. The lowest BCUT2D eigenvalue weighted by molar-refractivity contribution is 0.0851.